The van der Waals surface area contributed by atoms with Gasteiger partial charge in [0.15, 0.2) is 11.5 Å². The SMILES string of the molecule is CCn1c2ccccc2c2cc(NC(=O)CN(c3cccc(F)c3)S(=O)(=O)c3ccc4c(c3)OCCO4)ccc21. The number of nitrogens with one attached hydrogen (secondary N) is 1. The van der Waals surface area contributed by atoms with E-state index in [-0.39, 0.29) is 22.9 Å². The fourth-order valence-electron chi connectivity index (χ4n) is 5.06. The molecule has 0 aliphatic carbocycles. The third-order valence-corrected chi connectivity index (χ3v) is 8.63. The highest BCUT2D eigenvalue weighted by Gasteiger charge is 2.29. The molecule has 5 aromatic rings. The molecule has 1 N–H and O–H groups in total. The summed E-state index contributed by atoms with van der Waals surface area (Å²) in [5, 5.41) is 4.85. The molecular weight excluding hydrogens is 533 g/mol. The molecule has 2 heterocycles. The number of rotatable bonds is 7. The molecule has 6 rings (SSSR count). The number of benzene rings is 4. The molecule has 0 atom stereocenters. The Bertz CT molecular complexity index is 1870. The summed E-state index contributed by atoms with van der Waals surface area (Å²) in [4.78, 5) is 13.2. The smallest absolute Gasteiger partial charge is 0.264 e. The van der Waals surface area contributed by atoms with Crippen LogP contribution in [0.2, 0.25) is 0 Å². The van der Waals surface area contributed by atoms with E-state index < -0.39 is 28.3 Å². The van der Waals surface area contributed by atoms with Gasteiger partial charge in [-0.25, -0.2) is 12.8 Å². The number of nitrogens with zero attached hydrogens (tertiary/aromatic N) is 2. The summed E-state index contributed by atoms with van der Waals surface area (Å²) < 4.78 is 55.9. The highest BCUT2D eigenvalue weighted by molar-refractivity contribution is 7.92. The van der Waals surface area contributed by atoms with Crippen LogP contribution < -0.4 is 19.1 Å². The first kappa shape index (κ1) is 25.7. The third-order valence-electron chi connectivity index (χ3n) is 6.86. The molecule has 0 unspecified atom stereocenters. The van der Waals surface area contributed by atoms with Crippen LogP contribution in [0.3, 0.4) is 0 Å². The predicted molar refractivity (Wildman–Crippen MR) is 152 cm³/mol. The molecule has 1 aliphatic heterocycles. The second kappa shape index (κ2) is 10.2. The van der Waals surface area contributed by atoms with Crippen molar-refractivity contribution in [2.45, 2.75) is 18.4 Å². The summed E-state index contributed by atoms with van der Waals surface area (Å²) in [6.07, 6.45) is 0. The summed E-state index contributed by atoms with van der Waals surface area (Å²) in [7, 11) is -4.29. The van der Waals surface area contributed by atoms with Crippen molar-refractivity contribution in [3.05, 3.63) is 90.7 Å². The molecular formula is C30H26FN3O5S. The Morgan fingerprint density at radius 3 is 2.48 bits per heavy atom. The van der Waals surface area contributed by atoms with Gasteiger partial charge in [-0.3, -0.25) is 9.10 Å². The first-order valence-corrected chi connectivity index (χ1v) is 14.3. The van der Waals surface area contributed by atoms with Gasteiger partial charge in [0.25, 0.3) is 10.0 Å². The number of carbonyl (C=O) groups excluding carboxylic acids is 1. The summed E-state index contributed by atoms with van der Waals surface area (Å²) in [5.74, 6) is -0.488. The number of halogens is 1. The summed E-state index contributed by atoms with van der Waals surface area (Å²) >= 11 is 0. The Morgan fingerprint density at radius 2 is 1.68 bits per heavy atom. The fraction of sp³-hybridized carbons (Fsp3) is 0.167. The molecule has 0 radical (unpaired) electrons. The quantitative estimate of drug-likeness (QED) is 0.282. The average Bonchev–Trinajstić information content (AvgIpc) is 3.28. The van der Waals surface area contributed by atoms with Crippen LogP contribution in [0.25, 0.3) is 21.8 Å². The highest BCUT2D eigenvalue weighted by atomic mass is 32.2. The van der Waals surface area contributed by atoms with Crippen molar-refractivity contribution in [2.75, 3.05) is 29.4 Å². The predicted octanol–water partition coefficient (Wildman–Crippen LogP) is 5.56. The van der Waals surface area contributed by atoms with E-state index in [1.165, 1.54) is 36.4 Å². The maximum atomic E-state index is 14.2. The van der Waals surface area contributed by atoms with Crippen molar-refractivity contribution in [1.82, 2.24) is 4.57 Å². The zero-order valence-electron chi connectivity index (χ0n) is 21.6. The van der Waals surface area contributed by atoms with Crippen LogP contribution in [-0.4, -0.2) is 38.7 Å². The van der Waals surface area contributed by atoms with Gasteiger partial charge in [0, 0.05) is 40.1 Å². The van der Waals surface area contributed by atoms with Gasteiger partial charge in [0.05, 0.1) is 10.6 Å². The van der Waals surface area contributed by atoms with Crippen LogP contribution in [0, 0.1) is 5.82 Å². The second-order valence-corrected chi connectivity index (χ2v) is 11.2. The molecule has 0 saturated carbocycles. The van der Waals surface area contributed by atoms with E-state index in [1.807, 2.05) is 30.3 Å². The Kier molecular flexibility index (Phi) is 6.55. The molecule has 0 saturated heterocycles. The summed E-state index contributed by atoms with van der Waals surface area (Å²) in [6.45, 7) is 2.93. The van der Waals surface area contributed by atoms with Gasteiger partial charge in [0.1, 0.15) is 25.6 Å². The van der Waals surface area contributed by atoms with Gasteiger partial charge in [-0.15, -0.1) is 0 Å². The largest absolute Gasteiger partial charge is 0.486 e. The number of fused-ring (bicyclic) bond motifs is 4. The Balaban J connectivity index is 1.33. The van der Waals surface area contributed by atoms with Crippen molar-refractivity contribution in [2.24, 2.45) is 0 Å². The van der Waals surface area contributed by atoms with Crippen LogP contribution in [0.4, 0.5) is 15.8 Å². The number of hydrogen-bond donors (Lipinski definition) is 1. The number of para-hydroxylation sites is 1. The lowest BCUT2D eigenvalue weighted by Gasteiger charge is -2.25. The van der Waals surface area contributed by atoms with Crippen LogP contribution in [0.15, 0.2) is 89.8 Å². The molecule has 0 spiro atoms. The van der Waals surface area contributed by atoms with Crippen LogP contribution in [-0.2, 0) is 21.4 Å². The Morgan fingerprint density at radius 1 is 0.900 bits per heavy atom. The number of hydrogen-bond acceptors (Lipinski definition) is 5. The standard InChI is InChI=1S/C30H26FN3O5S/c1-2-33-26-9-4-3-8-24(26)25-17-21(10-12-27(25)33)32-30(35)19-34(22-7-5-6-20(31)16-22)40(36,37)23-11-13-28-29(18-23)39-15-14-38-28/h3-13,16-18H,2,14-15,19H2,1H3,(H,32,35). The minimum atomic E-state index is -4.29. The molecule has 204 valence electrons. The maximum absolute atomic E-state index is 14.2. The van der Waals surface area contributed by atoms with E-state index in [9.17, 15) is 17.6 Å². The van der Waals surface area contributed by atoms with Crippen molar-refractivity contribution < 1.29 is 27.1 Å². The fourth-order valence-corrected chi connectivity index (χ4v) is 6.49. The monoisotopic (exact) mass is 559 g/mol. The number of amides is 1. The topological polar surface area (TPSA) is 89.9 Å². The lowest BCUT2D eigenvalue weighted by molar-refractivity contribution is -0.114. The molecule has 40 heavy (non-hydrogen) atoms. The molecule has 0 bridgehead atoms. The van der Waals surface area contributed by atoms with E-state index in [0.717, 1.165) is 38.7 Å². The van der Waals surface area contributed by atoms with E-state index in [0.29, 0.717) is 18.0 Å². The minimum absolute atomic E-state index is 0.0199. The Labute approximate surface area is 230 Å². The average molecular weight is 560 g/mol. The molecule has 1 amide bonds. The van der Waals surface area contributed by atoms with Gasteiger partial charge in [-0.2, -0.15) is 0 Å². The van der Waals surface area contributed by atoms with E-state index in [2.05, 4.69) is 22.9 Å². The van der Waals surface area contributed by atoms with Crippen LogP contribution in [0.1, 0.15) is 6.92 Å². The summed E-state index contributed by atoms with van der Waals surface area (Å²) in [6, 6.07) is 23.0. The lowest BCUT2D eigenvalue weighted by Crippen LogP contribution is -2.38. The van der Waals surface area contributed by atoms with Gasteiger partial charge in [-0.05, 0) is 61.5 Å². The lowest BCUT2D eigenvalue weighted by atomic mass is 10.1. The van der Waals surface area contributed by atoms with Gasteiger partial charge in [-0.1, -0.05) is 24.3 Å². The second-order valence-electron chi connectivity index (χ2n) is 9.34. The zero-order chi connectivity index (χ0) is 27.9. The molecule has 8 nitrogen and oxygen atoms in total. The van der Waals surface area contributed by atoms with Crippen molar-refractivity contribution in [1.29, 1.82) is 0 Å². The van der Waals surface area contributed by atoms with Gasteiger partial charge < -0.3 is 19.4 Å². The van der Waals surface area contributed by atoms with Crippen molar-refractivity contribution in [3.63, 3.8) is 0 Å². The number of aryl methyl sites for hydroxylation is 1. The Hall–Kier alpha value is -4.57. The normalized spacial score (nSPS) is 12.9. The zero-order valence-corrected chi connectivity index (χ0v) is 22.4. The van der Waals surface area contributed by atoms with E-state index in [1.54, 1.807) is 6.07 Å². The van der Waals surface area contributed by atoms with Crippen LogP contribution in [0.5, 0.6) is 11.5 Å². The first-order valence-electron chi connectivity index (χ1n) is 12.8. The third kappa shape index (κ3) is 4.60. The van der Waals surface area contributed by atoms with E-state index >= 15 is 0 Å². The molecule has 1 aliphatic rings. The number of carbonyl (C=O) groups is 1. The minimum Gasteiger partial charge on any atom is -0.486 e. The first-order chi connectivity index (χ1) is 19.3. The maximum Gasteiger partial charge on any atom is 0.264 e. The van der Waals surface area contributed by atoms with E-state index in [4.69, 9.17) is 9.47 Å². The van der Waals surface area contributed by atoms with Gasteiger partial charge in [0.2, 0.25) is 5.91 Å². The van der Waals surface area contributed by atoms with Crippen molar-refractivity contribution >= 4 is 49.1 Å². The molecule has 10 heteroatoms. The number of aromatic nitrogens is 1. The number of anilines is 2. The molecule has 0 fully saturated rings. The molecule has 4 aromatic carbocycles. The highest BCUT2D eigenvalue weighted by Crippen LogP contribution is 2.35. The summed E-state index contributed by atoms with van der Waals surface area (Å²) in [5.41, 5.74) is 2.66. The van der Waals surface area contributed by atoms with Crippen molar-refractivity contribution in [3.8, 4) is 11.5 Å². The molecule has 1 aromatic heterocycles. The van der Waals surface area contributed by atoms with Crippen LogP contribution >= 0.6 is 0 Å². The van der Waals surface area contributed by atoms with Gasteiger partial charge >= 0.3 is 0 Å². The number of sulfonamides is 1. The number of ether oxygens (including phenoxy) is 2.